The van der Waals surface area contributed by atoms with Crippen molar-refractivity contribution >= 4 is 11.8 Å². The van der Waals surface area contributed by atoms with Crippen LogP contribution < -0.4 is 0 Å². The van der Waals surface area contributed by atoms with Crippen molar-refractivity contribution in [3.8, 4) is 12.3 Å². The Balaban J connectivity index is 3.04. The fourth-order valence-corrected chi connectivity index (χ4v) is 0.894. The van der Waals surface area contributed by atoms with E-state index in [0.717, 1.165) is 5.75 Å². The van der Waals surface area contributed by atoms with E-state index in [1.807, 2.05) is 0 Å². The predicted molar refractivity (Wildman–Crippen MR) is 36.4 cm³/mol. The van der Waals surface area contributed by atoms with Crippen LogP contribution in [0.4, 0.5) is 0 Å². The van der Waals surface area contributed by atoms with E-state index >= 15 is 0 Å². The summed E-state index contributed by atoms with van der Waals surface area (Å²) in [4.78, 5) is 0. The van der Waals surface area contributed by atoms with Crippen LogP contribution in [0.1, 0.15) is 6.92 Å². The molecule has 0 aromatic carbocycles. The highest BCUT2D eigenvalue weighted by atomic mass is 32.2. The van der Waals surface area contributed by atoms with Crippen LogP contribution in [0.3, 0.4) is 0 Å². The van der Waals surface area contributed by atoms with Gasteiger partial charge in [-0.15, -0.1) is 12.3 Å². The molecule has 0 heterocycles. The summed E-state index contributed by atoms with van der Waals surface area (Å²) in [7, 11) is 0. The lowest BCUT2D eigenvalue weighted by Gasteiger charge is -1.95. The van der Waals surface area contributed by atoms with Gasteiger partial charge in [-0.05, 0) is 6.26 Å². The molecule has 1 unspecified atom stereocenters. The van der Waals surface area contributed by atoms with Gasteiger partial charge < -0.3 is 0 Å². The molecule has 0 aliphatic carbocycles. The molecule has 0 radical (unpaired) electrons. The highest BCUT2D eigenvalue weighted by Crippen LogP contribution is 2.00. The number of terminal acetylenes is 1. The zero-order chi connectivity index (χ0) is 5.70. The maximum atomic E-state index is 5.09. The molecule has 0 aromatic heterocycles. The fourth-order valence-electron chi connectivity index (χ4n) is 0.298. The predicted octanol–water partition coefficient (Wildman–Crippen LogP) is 1.62. The van der Waals surface area contributed by atoms with Crippen LogP contribution in [-0.4, -0.2) is 12.0 Å². The Labute approximate surface area is 49.7 Å². The van der Waals surface area contributed by atoms with Gasteiger partial charge in [0.25, 0.3) is 0 Å². The number of rotatable bonds is 2. The van der Waals surface area contributed by atoms with Crippen LogP contribution in [0.25, 0.3) is 0 Å². The van der Waals surface area contributed by atoms with Gasteiger partial charge in [0.2, 0.25) is 0 Å². The lowest BCUT2D eigenvalue weighted by atomic mass is 10.2. The zero-order valence-corrected chi connectivity index (χ0v) is 5.59. The SMILES string of the molecule is C#CC(C)CSC. The van der Waals surface area contributed by atoms with E-state index in [0.29, 0.717) is 5.92 Å². The molecular formula is C6H10S. The molecule has 1 heteroatoms. The summed E-state index contributed by atoms with van der Waals surface area (Å²) in [5.74, 6) is 4.16. The number of hydrogen-bond acceptors (Lipinski definition) is 1. The van der Waals surface area contributed by atoms with E-state index in [4.69, 9.17) is 6.42 Å². The fraction of sp³-hybridized carbons (Fsp3) is 0.667. The topological polar surface area (TPSA) is 0 Å². The van der Waals surface area contributed by atoms with Crippen LogP contribution in [0.5, 0.6) is 0 Å². The Hall–Kier alpha value is -0.0900. The van der Waals surface area contributed by atoms with Crippen LogP contribution in [0.2, 0.25) is 0 Å². The molecule has 0 aliphatic heterocycles. The Bertz CT molecular complexity index is 70.7. The van der Waals surface area contributed by atoms with Crippen molar-refractivity contribution in [3.63, 3.8) is 0 Å². The number of thioether (sulfide) groups is 1. The molecule has 0 aliphatic rings. The van der Waals surface area contributed by atoms with Gasteiger partial charge in [0.1, 0.15) is 0 Å². The van der Waals surface area contributed by atoms with Gasteiger partial charge in [-0.25, -0.2) is 0 Å². The summed E-state index contributed by atoms with van der Waals surface area (Å²) >= 11 is 1.79. The second-order valence-electron chi connectivity index (χ2n) is 1.52. The quantitative estimate of drug-likeness (QED) is 0.491. The van der Waals surface area contributed by atoms with Crippen LogP contribution in [0.15, 0.2) is 0 Å². The Morgan fingerprint density at radius 1 is 1.86 bits per heavy atom. The van der Waals surface area contributed by atoms with Gasteiger partial charge in [0.15, 0.2) is 0 Å². The Morgan fingerprint density at radius 3 is 2.57 bits per heavy atom. The van der Waals surface area contributed by atoms with Gasteiger partial charge in [0.05, 0.1) is 0 Å². The monoisotopic (exact) mass is 114 g/mol. The molecule has 0 bridgehead atoms. The molecule has 40 valence electrons. The van der Waals surface area contributed by atoms with E-state index in [1.165, 1.54) is 0 Å². The lowest BCUT2D eigenvalue weighted by Crippen LogP contribution is -1.90. The molecule has 0 rings (SSSR count). The molecule has 0 aromatic rings. The Kier molecular flexibility index (Phi) is 4.03. The van der Waals surface area contributed by atoms with Crippen molar-refractivity contribution in [1.29, 1.82) is 0 Å². The van der Waals surface area contributed by atoms with Crippen LogP contribution >= 0.6 is 11.8 Å². The van der Waals surface area contributed by atoms with Crippen molar-refractivity contribution in [2.24, 2.45) is 5.92 Å². The minimum atomic E-state index is 0.440. The smallest absolute Gasteiger partial charge is 0.0262 e. The third kappa shape index (κ3) is 3.75. The molecule has 1 atom stereocenters. The average Bonchev–Trinajstić information content (AvgIpc) is 1.68. The maximum absolute atomic E-state index is 5.09. The van der Waals surface area contributed by atoms with Gasteiger partial charge in [-0.1, -0.05) is 6.92 Å². The van der Waals surface area contributed by atoms with E-state index < -0.39 is 0 Å². The molecule has 7 heavy (non-hydrogen) atoms. The first kappa shape index (κ1) is 6.91. The molecule has 0 nitrogen and oxygen atoms in total. The van der Waals surface area contributed by atoms with Crippen LogP contribution in [-0.2, 0) is 0 Å². The summed E-state index contributed by atoms with van der Waals surface area (Å²) in [6.07, 6.45) is 7.16. The Morgan fingerprint density at radius 2 is 2.43 bits per heavy atom. The minimum absolute atomic E-state index is 0.440. The normalized spacial score (nSPS) is 12.7. The standard InChI is InChI=1S/C6H10S/c1-4-6(2)5-7-3/h1,6H,5H2,2-3H3. The molecule has 0 N–H and O–H groups in total. The van der Waals surface area contributed by atoms with E-state index in [-0.39, 0.29) is 0 Å². The van der Waals surface area contributed by atoms with Crippen LogP contribution in [0, 0.1) is 18.3 Å². The van der Waals surface area contributed by atoms with Gasteiger partial charge in [-0.2, -0.15) is 11.8 Å². The lowest BCUT2D eigenvalue weighted by molar-refractivity contribution is 0.885. The first-order valence-corrected chi connectivity index (χ1v) is 3.65. The van der Waals surface area contributed by atoms with Crippen molar-refractivity contribution in [2.45, 2.75) is 6.92 Å². The third-order valence-electron chi connectivity index (χ3n) is 0.701. The highest BCUT2D eigenvalue weighted by Gasteiger charge is 1.90. The van der Waals surface area contributed by atoms with Crippen molar-refractivity contribution in [3.05, 3.63) is 0 Å². The molecule has 0 fully saturated rings. The van der Waals surface area contributed by atoms with Crippen molar-refractivity contribution in [2.75, 3.05) is 12.0 Å². The molecule has 0 saturated heterocycles. The average molecular weight is 114 g/mol. The molecule has 0 amide bonds. The second-order valence-corrected chi connectivity index (χ2v) is 2.43. The van der Waals surface area contributed by atoms with Gasteiger partial charge in [-0.3, -0.25) is 0 Å². The third-order valence-corrected chi connectivity index (χ3v) is 1.53. The largest absolute Gasteiger partial charge is 0.164 e. The van der Waals surface area contributed by atoms with Gasteiger partial charge in [0, 0.05) is 11.7 Å². The summed E-state index contributed by atoms with van der Waals surface area (Å²) in [6, 6.07) is 0. The second kappa shape index (κ2) is 4.08. The molecule has 0 spiro atoms. The maximum Gasteiger partial charge on any atom is 0.0262 e. The van der Waals surface area contributed by atoms with Crippen molar-refractivity contribution < 1.29 is 0 Å². The number of hydrogen-bond donors (Lipinski definition) is 0. The summed E-state index contributed by atoms with van der Waals surface area (Å²) in [6.45, 7) is 2.05. The van der Waals surface area contributed by atoms with E-state index in [1.54, 1.807) is 11.8 Å². The minimum Gasteiger partial charge on any atom is -0.164 e. The first-order valence-electron chi connectivity index (χ1n) is 2.26. The highest BCUT2D eigenvalue weighted by molar-refractivity contribution is 7.98. The first-order chi connectivity index (χ1) is 3.31. The molecular weight excluding hydrogens is 104 g/mol. The van der Waals surface area contributed by atoms with Crippen molar-refractivity contribution in [1.82, 2.24) is 0 Å². The summed E-state index contributed by atoms with van der Waals surface area (Å²) in [5, 5.41) is 0. The molecule has 0 saturated carbocycles. The van der Waals surface area contributed by atoms with Gasteiger partial charge >= 0.3 is 0 Å². The van der Waals surface area contributed by atoms with E-state index in [9.17, 15) is 0 Å². The summed E-state index contributed by atoms with van der Waals surface area (Å²) < 4.78 is 0. The zero-order valence-electron chi connectivity index (χ0n) is 4.77. The summed E-state index contributed by atoms with van der Waals surface area (Å²) in [5.41, 5.74) is 0. The van der Waals surface area contributed by atoms with E-state index in [2.05, 4.69) is 19.1 Å².